The van der Waals surface area contributed by atoms with Crippen molar-refractivity contribution in [3.8, 4) is 0 Å². The third kappa shape index (κ3) is 4.04. The highest BCUT2D eigenvalue weighted by molar-refractivity contribution is 7.13. The second kappa shape index (κ2) is 6.44. The number of hydrogen-bond donors (Lipinski definition) is 1. The number of aryl methyl sites for hydroxylation is 1. The first-order chi connectivity index (χ1) is 9.81. The molecule has 1 aromatic heterocycles. The first-order valence-electron chi connectivity index (χ1n) is 7.75. The standard InChI is InChI=1S/C16H26N2O2S/c1-11(2)9-13-14(21-12(3)17-13)15(19)18(4)10-16(20)7-5-6-8-16/h11,20H,5-10H2,1-4H3. The van der Waals surface area contributed by atoms with Crippen LogP contribution >= 0.6 is 11.3 Å². The highest BCUT2D eigenvalue weighted by atomic mass is 32.1. The number of amides is 1. The Labute approximate surface area is 131 Å². The predicted molar refractivity (Wildman–Crippen MR) is 85.8 cm³/mol. The predicted octanol–water partition coefficient (Wildman–Crippen LogP) is 3.03. The fourth-order valence-corrected chi connectivity index (χ4v) is 3.98. The van der Waals surface area contributed by atoms with E-state index in [1.54, 1.807) is 11.9 Å². The van der Waals surface area contributed by atoms with E-state index >= 15 is 0 Å². The van der Waals surface area contributed by atoms with E-state index in [4.69, 9.17) is 0 Å². The second-order valence-corrected chi connectivity index (χ2v) is 7.90. The van der Waals surface area contributed by atoms with Crippen LogP contribution < -0.4 is 0 Å². The lowest BCUT2D eigenvalue weighted by molar-refractivity contribution is 0.0158. The van der Waals surface area contributed by atoms with Crippen molar-refractivity contribution in [1.82, 2.24) is 9.88 Å². The number of nitrogens with zero attached hydrogens (tertiary/aromatic N) is 2. The normalized spacial score (nSPS) is 17.4. The van der Waals surface area contributed by atoms with Gasteiger partial charge in [0.2, 0.25) is 0 Å². The minimum Gasteiger partial charge on any atom is -0.388 e. The third-order valence-corrected chi connectivity index (χ3v) is 5.01. The number of rotatable bonds is 5. The summed E-state index contributed by atoms with van der Waals surface area (Å²) in [6, 6.07) is 0. The summed E-state index contributed by atoms with van der Waals surface area (Å²) >= 11 is 1.47. The Kier molecular flexibility index (Phi) is 5.04. The van der Waals surface area contributed by atoms with Gasteiger partial charge in [-0.3, -0.25) is 4.79 Å². The van der Waals surface area contributed by atoms with E-state index in [-0.39, 0.29) is 5.91 Å². The van der Waals surface area contributed by atoms with Gasteiger partial charge in [-0.2, -0.15) is 0 Å². The molecule has 2 rings (SSSR count). The van der Waals surface area contributed by atoms with E-state index in [1.807, 2.05) is 6.92 Å². The van der Waals surface area contributed by atoms with Crippen molar-refractivity contribution in [3.05, 3.63) is 15.6 Å². The monoisotopic (exact) mass is 310 g/mol. The summed E-state index contributed by atoms with van der Waals surface area (Å²) in [5.41, 5.74) is 0.213. The summed E-state index contributed by atoms with van der Waals surface area (Å²) in [4.78, 5) is 19.6. The van der Waals surface area contributed by atoms with Gasteiger partial charge in [0, 0.05) is 13.6 Å². The fraction of sp³-hybridized carbons (Fsp3) is 0.750. The third-order valence-electron chi connectivity index (χ3n) is 4.01. The van der Waals surface area contributed by atoms with Crippen LogP contribution in [0.5, 0.6) is 0 Å². The molecule has 1 aliphatic carbocycles. The molecule has 0 unspecified atom stereocenters. The van der Waals surface area contributed by atoms with Gasteiger partial charge in [-0.1, -0.05) is 26.7 Å². The summed E-state index contributed by atoms with van der Waals surface area (Å²) in [7, 11) is 1.78. The zero-order valence-corrected chi connectivity index (χ0v) is 14.3. The molecule has 1 aliphatic rings. The van der Waals surface area contributed by atoms with Gasteiger partial charge in [0.15, 0.2) is 0 Å². The van der Waals surface area contributed by atoms with Gasteiger partial charge in [-0.05, 0) is 32.1 Å². The molecule has 0 aliphatic heterocycles. The van der Waals surface area contributed by atoms with Crippen LogP contribution in [0.1, 0.15) is 59.9 Å². The quantitative estimate of drug-likeness (QED) is 0.909. The molecule has 0 saturated heterocycles. The molecule has 0 atom stereocenters. The van der Waals surface area contributed by atoms with E-state index in [1.165, 1.54) is 11.3 Å². The SMILES string of the molecule is Cc1nc(CC(C)C)c(C(=O)N(C)CC2(O)CCCC2)s1. The van der Waals surface area contributed by atoms with Gasteiger partial charge in [0.25, 0.3) is 5.91 Å². The van der Waals surface area contributed by atoms with Crippen LogP contribution in [0.3, 0.4) is 0 Å². The van der Waals surface area contributed by atoms with Gasteiger partial charge in [-0.25, -0.2) is 4.98 Å². The molecule has 1 heterocycles. The zero-order chi connectivity index (χ0) is 15.6. The van der Waals surface area contributed by atoms with E-state index in [2.05, 4.69) is 18.8 Å². The van der Waals surface area contributed by atoms with Gasteiger partial charge in [0.1, 0.15) is 4.88 Å². The number of aromatic nitrogens is 1. The maximum atomic E-state index is 12.7. The van der Waals surface area contributed by atoms with Gasteiger partial charge in [-0.15, -0.1) is 11.3 Å². The van der Waals surface area contributed by atoms with Gasteiger partial charge in [0.05, 0.1) is 16.3 Å². The van der Waals surface area contributed by atoms with E-state index in [9.17, 15) is 9.90 Å². The van der Waals surface area contributed by atoms with Gasteiger partial charge < -0.3 is 10.0 Å². The first-order valence-corrected chi connectivity index (χ1v) is 8.56. The highest BCUT2D eigenvalue weighted by Gasteiger charge is 2.34. The second-order valence-electron chi connectivity index (χ2n) is 6.70. The summed E-state index contributed by atoms with van der Waals surface area (Å²) in [5, 5.41) is 11.4. The van der Waals surface area contributed by atoms with Crippen molar-refractivity contribution in [2.75, 3.05) is 13.6 Å². The van der Waals surface area contributed by atoms with Crippen molar-refractivity contribution >= 4 is 17.2 Å². The Morgan fingerprint density at radius 1 is 1.43 bits per heavy atom. The van der Waals surface area contributed by atoms with Crippen LogP contribution in [0.25, 0.3) is 0 Å². The lowest BCUT2D eigenvalue weighted by Gasteiger charge is -2.28. The lowest BCUT2D eigenvalue weighted by Crippen LogP contribution is -2.42. The van der Waals surface area contributed by atoms with Crippen molar-refractivity contribution in [2.24, 2.45) is 5.92 Å². The summed E-state index contributed by atoms with van der Waals surface area (Å²) in [6.07, 6.45) is 4.52. The molecule has 5 heteroatoms. The first kappa shape index (κ1) is 16.4. The fourth-order valence-electron chi connectivity index (χ4n) is 3.04. The number of carbonyl (C=O) groups is 1. The van der Waals surface area contributed by atoms with Crippen LogP contribution in [0.2, 0.25) is 0 Å². The molecule has 21 heavy (non-hydrogen) atoms. The summed E-state index contributed by atoms with van der Waals surface area (Å²) < 4.78 is 0. The van der Waals surface area contributed by atoms with Crippen LogP contribution in [0.15, 0.2) is 0 Å². The van der Waals surface area contributed by atoms with Crippen molar-refractivity contribution in [3.63, 3.8) is 0 Å². The van der Waals surface area contributed by atoms with Crippen LogP contribution in [0, 0.1) is 12.8 Å². The molecule has 1 saturated carbocycles. The highest BCUT2D eigenvalue weighted by Crippen LogP contribution is 2.31. The molecule has 1 aromatic rings. The number of thiazole rings is 1. The van der Waals surface area contributed by atoms with Crippen molar-refractivity contribution in [1.29, 1.82) is 0 Å². The number of carbonyl (C=O) groups excluding carboxylic acids is 1. The van der Waals surface area contributed by atoms with Crippen LogP contribution in [-0.4, -0.2) is 40.1 Å². The maximum Gasteiger partial charge on any atom is 0.265 e. The molecule has 0 aromatic carbocycles. The Morgan fingerprint density at radius 2 is 2.05 bits per heavy atom. The zero-order valence-electron chi connectivity index (χ0n) is 13.5. The molecule has 118 valence electrons. The molecule has 0 spiro atoms. The molecular weight excluding hydrogens is 284 g/mol. The Bertz CT molecular complexity index is 504. The lowest BCUT2D eigenvalue weighted by atomic mass is 10.0. The minimum absolute atomic E-state index is 0.00317. The molecule has 0 radical (unpaired) electrons. The molecule has 1 N–H and O–H groups in total. The van der Waals surface area contributed by atoms with Crippen molar-refractivity contribution in [2.45, 2.75) is 58.5 Å². The summed E-state index contributed by atoms with van der Waals surface area (Å²) in [6.45, 7) is 6.63. The average molecular weight is 310 g/mol. The summed E-state index contributed by atoms with van der Waals surface area (Å²) in [5.74, 6) is 0.471. The smallest absolute Gasteiger partial charge is 0.265 e. The number of likely N-dealkylation sites (N-methyl/N-ethyl adjacent to an activating group) is 1. The largest absolute Gasteiger partial charge is 0.388 e. The Balaban J connectivity index is 2.11. The Hall–Kier alpha value is -0.940. The number of hydrogen-bond acceptors (Lipinski definition) is 4. The van der Waals surface area contributed by atoms with E-state index in [0.717, 1.165) is 47.7 Å². The van der Waals surface area contributed by atoms with Gasteiger partial charge >= 0.3 is 0 Å². The number of aliphatic hydroxyl groups is 1. The van der Waals surface area contributed by atoms with Crippen molar-refractivity contribution < 1.29 is 9.90 Å². The minimum atomic E-state index is -0.692. The molecule has 1 fully saturated rings. The van der Waals surface area contributed by atoms with Crippen LogP contribution in [0.4, 0.5) is 0 Å². The Morgan fingerprint density at radius 3 is 2.62 bits per heavy atom. The van der Waals surface area contributed by atoms with E-state index < -0.39 is 5.60 Å². The topological polar surface area (TPSA) is 53.4 Å². The van der Waals surface area contributed by atoms with Crippen LogP contribution in [-0.2, 0) is 6.42 Å². The molecule has 0 bridgehead atoms. The molecular formula is C16H26N2O2S. The maximum absolute atomic E-state index is 12.7. The molecule has 4 nitrogen and oxygen atoms in total. The average Bonchev–Trinajstić information content (AvgIpc) is 2.94. The van der Waals surface area contributed by atoms with E-state index in [0.29, 0.717) is 12.5 Å². The molecule has 1 amide bonds.